The molecule has 0 saturated carbocycles. The quantitative estimate of drug-likeness (QED) is 0.632. The molecule has 2 aromatic heterocycles. The number of aliphatic hydroxyl groups excluding tert-OH is 2. The van der Waals surface area contributed by atoms with Gasteiger partial charge < -0.3 is 20.7 Å². The lowest BCUT2D eigenvalue weighted by Gasteiger charge is -2.22. The van der Waals surface area contributed by atoms with E-state index in [2.05, 4.69) is 15.1 Å². The Morgan fingerprint density at radius 2 is 2.24 bits per heavy atom. The number of alkyl halides is 1. The summed E-state index contributed by atoms with van der Waals surface area (Å²) in [5, 5.41) is 22.2. The lowest BCUT2D eigenvalue weighted by atomic mass is 10.1. The standard InChI is InChI=1S/C11H15F2N5O3/c1-21-7(4-19)8(20)6(12)2-5-3-15-10-9(14)16-11(13)17-18(5)10/h3,6-8,19-20H,2,4H2,1H3,(H2,14,16,17). The third-order valence-corrected chi connectivity index (χ3v) is 3.07. The van der Waals surface area contributed by atoms with Gasteiger partial charge in [-0.1, -0.05) is 0 Å². The molecule has 0 saturated heterocycles. The van der Waals surface area contributed by atoms with Crippen LogP contribution in [0.3, 0.4) is 0 Å². The highest BCUT2D eigenvalue weighted by atomic mass is 19.1. The predicted molar refractivity (Wildman–Crippen MR) is 67.6 cm³/mol. The van der Waals surface area contributed by atoms with Crippen LogP contribution in [0.1, 0.15) is 5.69 Å². The van der Waals surface area contributed by atoms with Gasteiger partial charge in [-0.25, -0.2) is 13.9 Å². The fourth-order valence-corrected chi connectivity index (χ4v) is 1.94. The Balaban J connectivity index is 2.23. The lowest BCUT2D eigenvalue weighted by Crippen LogP contribution is -2.39. The number of nitrogens with zero attached hydrogens (tertiary/aromatic N) is 4. The van der Waals surface area contributed by atoms with Gasteiger partial charge in [0, 0.05) is 13.5 Å². The number of nitrogens with two attached hydrogens (primary N) is 1. The number of aliphatic hydroxyl groups is 2. The van der Waals surface area contributed by atoms with Crippen molar-refractivity contribution in [3.05, 3.63) is 18.0 Å². The summed E-state index contributed by atoms with van der Waals surface area (Å²) in [7, 11) is 1.24. The van der Waals surface area contributed by atoms with E-state index in [4.69, 9.17) is 15.6 Å². The molecule has 4 N–H and O–H groups in total. The molecule has 3 atom stereocenters. The summed E-state index contributed by atoms with van der Waals surface area (Å²) in [5.41, 5.74) is 5.78. The molecular formula is C11H15F2N5O3. The Morgan fingerprint density at radius 1 is 1.52 bits per heavy atom. The van der Waals surface area contributed by atoms with E-state index in [9.17, 15) is 13.9 Å². The maximum Gasteiger partial charge on any atom is 0.328 e. The molecule has 2 heterocycles. The van der Waals surface area contributed by atoms with Crippen molar-refractivity contribution in [2.45, 2.75) is 24.8 Å². The topological polar surface area (TPSA) is 119 Å². The highest BCUT2D eigenvalue weighted by molar-refractivity contribution is 5.58. The van der Waals surface area contributed by atoms with E-state index in [-0.39, 0.29) is 23.6 Å². The van der Waals surface area contributed by atoms with Gasteiger partial charge >= 0.3 is 6.08 Å². The molecule has 0 aliphatic rings. The number of halogens is 2. The average Bonchev–Trinajstić information content (AvgIpc) is 2.83. The van der Waals surface area contributed by atoms with Crippen molar-refractivity contribution < 1.29 is 23.7 Å². The SMILES string of the molecule is COC(CO)C(O)C(F)Cc1cnc2c(N)nc(F)nn12. The van der Waals surface area contributed by atoms with Crippen LogP contribution in [-0.4, -0.2) is 61.9 Å². The van der Waals surface area contributed by atoms with Crippen LogP contribution in [0, 0.1) is 6.08 Å². The van der Waals surface area contributed by atoms with Crippen LogP contribution in [0.15, 0.2) is 6.20 Å². The monoisotopic (exact) mass is 303 g/mol. The lowest BCUT2D eigenvalue weighted by molar-refractivity contribution is -0.0719. The molecule has 0 amide bonds. The second-order valence-corrected chi connectivity index (χ2v) is 4.42. The second kappa shape index (κ2) is 6.24. The Labute approximate surface area is 118 Å². The molecule has 0 spiro atoms. The third-order valence-electron chi connectivity index (χ3n) is 3.07. The van der Waals surface area contributed by atoms with E-state index in [1.807, 2.05) is 0 Å². The summed E-state index contributed by atoms with van der Waals surface area (Å²) in [6.45, 7) is -0.533. The number of ether oxygens (including phenoxy) is 1. The molecule has 0 aromatic carbocycles. The highest BCUT2D eigenvalue weighted by Crippen LogP contribution is 2.16. The zero-order valence-corrected chi connectivity index (χ0v) is 11.1. The van der Waals surface area contributed by atoms with E-state index in [0.717, 1.165) is 4.52 Å². The zero-order valence-electron chi connectivity index (χ0n) is 11.1. The third kappa shape index (κ3) is 3.06. The smallest absolute Gasteiger partial charge is 0.328 e. The van der Waals surface area contributed by atoms with E-state index in [1.54, 1.807) is 0 Å². The molecule has 116 valence electrons. The van der Waals surface area contributed by atoms with Gasteiger partial charge in [0.15, 0.2) is 11.5 Å². The number of fused-ring (bicyclic) bond motifs is 1. The molecule has 0 aliphatic carbocycles. The molecular weight excluding hydrogens is 288 g/mol. The van der Waals surface area contributed by atoms with Crippen LogP contribution in [0.2, 0.25) is 0 Å². The Bertz CT molecular complexity index is 619. The van der Waals surface area contributed by atoms with Crippen LogP contribution < -0.4 is 5.73 Å². The molecule has 0 radical (unpaired) electrons. The minimum atomic E-state index is -1.76. The number of rotatable bonds is 6. The summed E-state index contributed by atoms with van der Waals surface area (Å²) >= 11 is 0. The van der Waals surface area contributed by atoms with Gasteiger partial charge in [-0.2, -0.15) is 9.37 Å². The minimum Gasteiger partial charge on any atom is -0.394 e. The van der Waals surface area contributed by atoms with Gasteiger partial charge in [-0.3, -0.25) is 0 Å². The van der Waals surface area contributed by atoms with Gasteiger partial charge in [0.1, 0.15) is 18.4 Å². The van der Waals surface area contributed by atoms with Crippen molar-refractivity contribution in [1.82, 2.24) is 19.6 Å². The molecule has 10 heteroatoms. The maximum absolute atomic E-state index is 14.1. The van der Waals surface area contributed by atoms with Gasteiger partial charge in [0.2, 0.25) is 0 Å². The number of nitrogen functional groups attached to an aromatic ring is 1. The fraction of sp³-hybridized carbons (Fsp3) is 0.545. The Kier molecular flexibility index (Phi) is 4.60. The second-order valence-electron chi connectivity index (χ2n) is 4.42. The number of hydrogen-bond acceptors (Lipinski definition) is 7. The van der Waals surface area contributed by atoms with Crippen molar-refractivity contribution in [1.29, 1.82) is 0 Å². The first-order chi connectivity index (χ1) is 9.97. The van der Waals surface area contributed by atoms with Crippen molar-refractivity contribution in [3.8, 4) is 0 Å². The summed E-state index contributed by atoms with van der Waals surface area (Å²) in [4.78, 5) is 7.18. The van der Waals surface area contributed by atoms with Gasteiger partial charge in [-0.05, 0) is 0 Å². The maximum atomic E-state index is 14.1. The van der Waals surface area contributed by atoms with Gasteiger partial charge in [0.25, 0.3) is 0 Å². The summed E-state index contributed by atoms with van der Waals surface area (Å²) < 4.78 is 33.0. The summed E-state index contributed by atoms with van der Waals surface area (Å²) in [6, 6.07) is 0. The molecule has 3 unspecified atom stereocenters. The molecule has 0 fully saturated rings. The average molecular weight is 303 g/mol. The van der Waals surface area contributed by atoms with E-state index < -0.39 is 31.1 Å². The van der Waals surface area contributed by atoms with Crippen LogP contribution >= 0.6 is 0 Å². The molecule has 2 rings (SSSR count). The number of aromatic nitrogens is 4. The van der Waals surface area contributed by atoms with E-state index in [0.29, 0.717) is 0 Å². The molecule has 2 aromatic rings. The van der Waals surface area contributed by atoms with Crippen molar-refractivity contribution in [3.63, 3.8) is 0 Å². The Hall–Kier alpha value is -1.91. The number of hydrogen-bond donors (Lipinski definition) is 3. The van der Waals surface area contributed by atoms with Crippen molar-refractivity contribution >= 4 is 11.5 Å². The van der Waals surface area contributed by atoms with Gasteiger partial charge in [0.05, 0.1) is 18.5 Å². The van der Waals surface area contributed by atoms with Crippen molar-refractivity contribution in [2.75, 3.05) is 19.5 Å². The van der Waals surface area contributed by atoms with E-state index in [1.165, 1.54) is 13.3 Å². The largest absolute Gasteiger partial charge is 0.394 e. The first kappa shape index (κ1) is 15.5. The van der Waals surface area contributed by atoms with Crippen LogP contribution in [0.5, 0.6) is 0 Å². The van der Waals surface area contributed by atoms with Crippen LogP contribution in [0.25, 0.3) is 5.65 Å². The Morgan fingerprint density at radius 3 is 2.86 bits per heavy atom. The van der Waals surface area contributed by atoms with Crippen LogP contribution in [0.4, 0.5) is 14.6 Å². The molecule has 21 heavy (non-hydrogen) atoms. The van der Waals surface area contributed by atoms with Crippen LogP contribution in [-0.2, 0) is 11.2 Å². The summed E-state index contributed by atoms with van der Waals surface area (Å²) in [6.07, 6.45) is -4.48. The summed E-state index contributed by atoms with van der Waals surface area (Å²) in [5.74, 6) is -0.171. The zero-order chi connectivity index (χ0) is 15.6. The first-order valence-corrected chi connectivity index (χ1v) is 6.09. The van der Waals surface area contributed by atoms with E-state index >= 15 is 0 Å². The highest BCUT2D eigenvalue weighted by Gasteiger charge is 2.28. The molecule has 8 nitrogen and oxygen atoms in total. The van der Waals surface area contributed by atoms with Gasteiger partial charge in [-0.15, -0.1) is 5.10 Å². The number of methoxy groups -OCH3 is 1. The minimum absolute atomic E-state index is 0.0959. The fourth-order valence-electron chi connectivity index (χ4n) is 1.94. The first-order valence-electron chi connectivity index (χ1n) is 6.09. The number of anilines is 1. The number of imidazole rings is 1. The normalized spacial score (nSPS) is 16.0. The molecule has 0 bridgehead atoms. The molecule has 0 aliphatic heterocycles. The van der Waals surface area contributed by atoms with Crippen molar-refractivity contribution in [2.24, 2.45) is 0 Å². The predicted octanol–water partition coefficient (Wildman–Crippen LogP) is -0.906.